The summed E-state index contributed by atoms with van der Waals surface area (Å²) in [7, 11) is 2.00. The smallest absolute Gasteiger partial charge is 0.0676 e. The molecule has 0 saturated heterocycles. The van der Waals surface area contributed by atoms with Crippen LogP contribution in [-0.4, -0.2) is 17.2 Å². The maximum Gasteiger partial charge on any atom is 0.0676 e. The zero-order valence-electron chi connectivity index (χ0n) is 11.4. The van der Waals surface area contributed by atoms with Gasteiger partial charge in [-0.25, -0.2) is 0 Å². The second-order valence-corrected chi connectivity index (χ2v) is 6.43. The number of likely N-dealkylation sites (N-methyl/N-ethyl adjacent to an activating group) is 1. The molecule has 2 heterocycles. The number of aryl methyl sites for hydroxylation is 2. The molecule has 3 nitrogen and oxygen atoms in total. The van der Waals surface area contributed by atoms with Crippen molar-refractivity contribution < 1.29 is 0 Å². The maximum absolute atomic E-state index is 4.32. The molecule has 0 radical (unpaired) electrons. The first-order valence-corrected chi connectivity index (χ1v) is 8.04. The van der Waals surface area contributed by atoms with Gasteiger partial charge in [0.1, 0.15) is 0 Å². The van der Waals surface area contributed by atoms with E-state index in [0.717, 1.165) is 28.7 Å². The minimum absolute atomic E-state index is 0.287. The van der Waals surface area contributed by atoms with Crippen molar-refractivity contribution in [3.63, 3.8) is 0 Å². The zero-order chi connectivity index (χ0) is 13.8. The normalized spacial score (nSPS) is 12.6. The number of nitrogens with one attached hydrogen (secondary N) is 1. The Labute approximate surface area is 126 Å². The highest BCUT2D eigenvalue weighted by Gasteiger charge is 2.16. The summed E-state index contributed by atoms with van der Waals surface area (Å²) >= 11 is 5.29. The number of rotatable bonds is 5. The quantitative estimate of drug-likeness (QED) is 0.902. The average Bonchev–Trinajstić information content (AvgIpc) is 2.81. The number of hydrogen-bond acceptors (Lipinski definition) is 4. The maximum atomic E-state index is 4.32. The summed E-state index contributed by atoms with van der Waals surface area (Å²) in [4.78, 5) is 1.36. The third-order valence-electron chi connectivity index (χ3n) is 3.11. The summed E-state index contributed by atoms with van der Waals surface area (Å²) < 4.78 is 1.15. The van der Waals surface area contributed by atoms with Crippen LogP contribution in [0.15, 0.2) is 22.0 Å². The van der Waals surface area contributed by atoms with E-state index in [1.165, 1.54) is 10.4 Å². The Hall–Kier alpha value is -0.780. The zero-order valence-corrected chi connectivity index (χ0v) is 13.8. The highest BCUT2D eigenvalue weighted by Crippen LogP contribution is 2.26. The van der Waals surface area contributed by atoms with E-state index in [1.807, 2.05) is 14.0 Å². The van der Waals surface area contributed by atoms with Crippen LogP contribution in [0.1, 0.15) is 34.8 Å². The van der Waals surface area contributed by atoms with E-state index in [1.54, 1.807) is 11.3 Å². The minimum atomic E-state index is 0.287. The van der Waals surface area contributed by atoms with Crippen LogP contribution in [0.25, 0.3) is 0 Å². The van der Waals surface area contributed by atoms with E-state index < -0.39 is 0 Å². The SMILES string of the molecule is CCc1nnc(C)cc1C(Cc1cc(Br)cs1)NC. The minimum Gasteiger partial charge on any atom is -0.313 e. The van der Waals surface area contributed by atoms with Crippen molar-refractivity contribution in [3.05, 3.63) is 43.8 Å². The Morgan fingerprint density at radius 1 is 1.37 bits per heavy atom. The predicted octanol–water partition coefficient (Wildman–Crippen LogP) is 3.67. The van der Waals surface area contributed by atoms with Gasteiger partial charge in [0.05, 0.1) is 11.4 Å². The number of hydrogen-bond donors (Lipinski definition) is 1. The molecule has 19 heavy (non-hydrogen) atoms. The fourth-order valence-electron chi connectivity index (χ4n) is 2.14. The van der Waals surface area contributed by atoms with Crippen molar-refractivity contribution in [1.82, 2.24) is 15.5 Å². The van der Waals surface area contributed by atoms with Gasteiger partial charge in [-0.1, -0.05) is 6.92 Å². The average molecular weight is 340 g/mol. The van der Waals surface area contributed by atoms with Gasteiger partial charge in [-0.3, -0.25) is 0 Å². The van der Waals surface area contributed by atoms with E-state index in [9.17, 15) is 0 Å². The van der Waals surface area contributed by atoms with Gasteiger partial charge in [-0.05, 0) is 54.0 Å². The monoisotopic (exact) mass is 339 g/mol. The molecular weight excluding hydrogens is 322 g/mol. The molecule has 102 valence electrons. The Kier molecular flexibility index (Phi) is 5.07. The first-order chi connectivity index (χ1) is 9.13. The van der Waals surface area contributed by atoms with Crippen molar-refractivity contribution in [1.29, 1.82) is 0 Å². The van der Waals surface area contributed by atoms with Crippen LogP contribution in [0, 0.1) is 6.92 Å². The van der Waals surface area contributed by atoms with Crippen LogP contribution >= 0.6 is 27.3 Å². The predicted molar refractivity (Wildman–Crippen MR) is 83.7 cm³/mol. The number of thiophene rings is 1. The van der Waals surface area contributed by atoms with Gasteiger partial charge in [0.2, 0.25) is 0 Å². The van der Waals surface area contributed by atoms with Gasteiger partial charge in [-0.2, -0.15) is 10.2 Å². The molecule has 1 atom stereocenters. The largest absolute Gasteiger partial charge is 0.313 e. The number of aromatic nitrogens is 2. The van der Waals surface area contributed by atoms with Crippen LogP contribution in [0.3, 0.4) is 0 Å². The van der Waals surface area contributed by atoms with E-state index in [2.05, 4.69) is 55.9 Å². The lowest BCUT2D eigenvalue weighted by Gasteiger charge is -2.18. The molecule has 0 bridgehead atoms. The summed E-state index contributed by atoms with van der Waals surface area (Å²) in [6.07, 6.45) is 1.89. The van der Waals surface area contributed by atoms with Crippen molar-refractivity contribution in [2.75, 3.05) is 7.05 Å². The molecule has 0 aliphatic carbocycles. The molecule has 0 saturated carbocycles. The van der Waals surface area contributed by atoms with Gasteiger partial charge in [0.25, 0.3) is 0 Å². The second-order valence-electron chi connectivity index (χ2n) is 4.52. The van der Waals surface area contributed by atoms with Crippen LogP contribution in [0.5, 0.6) is 0 Å². The van der Waals surface area contributed by atoms with Gasteiger partial charge in [-0.15, -0.1) is 11.3 Å². The van der Waals surface area contributed by atoms with Gasteiger partial charge in [0, 0.05) is 27.2 Å². The summed E-state index contributed by atoms with van der Waals surface area (Å²) in [6.45, 7) is 4.11. The van der Waals surface area contributed by atoms with Crippen LogP contribution < -0.4 is 5.32 Å². The van der Waals surface area contributed by atoms with Gasteiger partial charge >= 0.3 is 0 Å². The van der Waals surface area contributed by atoms with Crippen LogP contribution in [-0.2, 0) is 12.8 Å². The highest BCUT2D eigenvalue weighted by atomic mass is 79.9. The van der Waals surface area contributed by atoms with E-state index in [4.69, 9.17) is 0 Å². The van der Waals surface area contributed by atoms with Gasteiger partial charge in [0.15, 0.2) is 0 Å². The van der Waals surface area contributed by atoms with Crippen LogP contribution in [0.2, 0.25) is 0 Å². The Balaban J connectivity index is 2.28. The Bertz CT molecular complexity index is 553. The lowest BCUT2D eigenvalue weighted by atomic mass is 10.00. The Morgan fingerprint density at radius 2 is 2.16 bits per heavy atom. The van der Waals surface area contributed by atoms with Crippen LogP contribution in [0.4, 0.5) is 0 Å². The Morgan fingerprint density at radius 3 is 2.74 bits per heavy atom. The molecule has 5 heteroatoms. The van der Waals surface area contributed by atoms with Crippen molar-refractivity contribution >= 4 is 27.3 Å². The summed E-state index contributed by atoms with van der Waals surface area (Å²) in [5, 5.41) is 14.0. The molecule has 0 aromatic carbocycles. The van der Waals surface area contributed by atoms with Crippen molar-refractivity contribution in [3.8, 4) is 0 Å². The standard InChI is InChI=1S/C14H18BrN3S/c1-4-13-12(5-9(2)17-18-13)14(16-3)7-11-6-10(15)8-19-11/h5-6,8,14,16H,4,7H2,1-3H3. The lowest BCUT2D eigenvalue weighted by Crippen LogP contribution is -2.21. The topological polar surface area (TPSA) is 37.8 Å². The first-order valence-electron chi connectivity index (χ1n) is 6.37. The summed E-state index contributed by atoms with van der Waals surface area (Å²) in [6, 6.07) is 4.62. The fourth-order valence-corrected chi connectivity index (χ4v) is 3.64. The molecule has 2 aromatic rings. The second kappa shape index (κ2) is 6.59. The third kappa shape index (κ3) is 3.61. The summed E-state index contributed by atoms with van der Waals surface area (Å²) in [5.41, 5.74) is 3.32. The molecular formula is C14H18BrN3S. The molecule has 1 N–H and O–H groups in total. The molecule has 0 aliphatic rings. The summed E-state index contributed by atoms with van der Waals surface area (Å²) in [5.74, 6) is 0. The van der Waals surface area contributed by atoms with E-state index in [0.29, 0.717) is 0 Å². The molecule has 1 unspecified atom stereocenters. The molecule has 0 spiro atoms. The van der Waals surface area contributed by atoms with Gasteiger partial charge < -0.3 is 5.32 Å². The molecule has 0 fully saturated rings. The highest BCUT2D eigenvalue weighted by molar-refractivity contribution is 9.10. The first kappa shape index (κ1) is 14.6. The molecule has 2 aromatic heterocycles. The molecule has 0 amide bonds. The lowest BCUT2D eigenvalue weighted by molar-refractivity contribution is 0.583. The third-order valence-corrected chi connectivity index (χ3v) is 4.83. The number of halogens is 1. The van der Waals surface area contributed by atoms with Crippen molar-refractivity contribution in [2.45, 2.75) is 32.7 Å². The fraction of sp³-hybridized carbons (Fsp3) is 0.429. The molecule has 2 rings (SSSR count). The van der Waals surface area contributed by atoms with Crippen molar-refractivity contribution in [2.24, 2.45) is 0 Å². The molecule has 0 aliphatic heterocycles. The number of nitrogens with zero attached hydrogens (tertiary/aromatic N) is 2. The van der Waals surface area contributed by atoms with E-state index >= 15 is 0 Å². The van der Waals surface area contributed by atoms with E-state index in [-0.39, 0.29) is 6.04 Å².